The summed E-state index contributed by atoms with van der Waals surface area (Å²) in [5.41, 5.74) is 1.57. The van der Waals surface area contributed by atoms with Gasteiger partial charge in [-0.2, -0.15) is 5.26 Å². The van der Waals surface area contributed by atoms with Crippen molar-refractivity contribution in [2.45, 2.75) is 5.03 Å². The molecule has 0 atom stereocenters. The number of nitrogens with zero attached hydrogens (tertiary/aromatic N) is 4. The Labute approximate surface area is 110 Å². The fourth-order valence-corrected chi connectivity index (χ4v) is 1.92. The van der Waals surface area contributed by atoms with Crippen molar-refractivity contribution < 1.29 is 0 Å². The molecule has 1 heterocycles. The molecule has 5 heteroatoms. The van der Waals surface area contributed by atoms with E-state index in [9.17, 15) is 0 Å². The zero-order valence-electron chi connectivity index (χ0n) is 10.2. The molecule has 1 aromatic carbocycles. The summed E-state index contributed by atoms with van der Waals surface area (Å²) in [7, 11) is 1.92. The Morgan fingerprint density at radius 2 is 2.11 bits per heavy atom. The number of benzene rings is 1. The van der Waals surface area contributed by atoms with Gasteiger partial charge in [0.1, 0.15) is 17.2 Å². The lowest BCUT2D eigenvalue weighted by molar-refractivity contribution is 1.01. The van der Waals surface area contributed by atoms with Crippen molar-refractivity contribution in [1.82, 2.24) is 9.97 Å². The van der Waals surface area contributed by atoms with Gasteiger partial charge in [0.2, 0.25) is 0 Å². The standard InChI is InChI=1S/C13H12N4S/c1-17(11-5-3-4-10(6-11)8-14)12-7-13(18-2)16-9-15-12/h3-7,9H,1-2H3. The maximum absolute atomic E-state index is 8.90. The van der Waals surface area contributed by atoms with Crippen LogP contribution in [0.2, 0.25) is 0 Å². The van der Waals surface area contributed by atoms with Gasteiger partial charge in [0.25, 0.3) is 0 Å². The van der Waals surface area contributed by atoms with Gasteiger partial charge >= 0.3 is 0 Å². The van der Waals surface area contributed by atoms with Crippen LogP contribution in [0.3, 0.4) is 0 Å². The van der Waals surface area contributed by atoms with Crippen LogP contribution < -0.4 is 4.90 Å². The molecule has 0 N–H and O–H groups in total. The largest absolute Gasteiger partial charge is 0.329 e. The molecule has 0 spiro atoms. The van der Waals surface area contributed by atoms with E-state index in [1.54, 1.807) is 24.2 Å². The lowest BCUT2D eigenvalue weighted by Crippen LogP contribution is -2.11. The second-order valence-electron chi connectivity index (χ2n) is 3.64. The molecule has 4 nitrogen and oxygen atoms in total. The first-order valence-corrected chi connectivity index (χ1v) is 6.57. The molecule has 0 aliphatic rings. The highest BCUT2D eigenvalue weighted by Crippen LogP contribution is 2.24. The number of nitriles is 1. The summed E-state index contributed by atoms with van der Waals surface area (Å²) in [5, 5.41) is 9.82. The van der Waals surface area contributed by atoms with Gasteiger partial charge in [0, 0.05) is 18.8 Å². The molecule has 0 saturated heterocycles. The van der Waals surface area contributed by atoms with Gasteiger partial charge in [-0.05, 0) is 24.5 Å². The number of thioether (sulfide) groups is 1. The van der Waals surface area contributed by atoms with Crippen LogP contribution in [0.15, 0.2) is 41.7 Å². The molecular formula is C13H12N4S. The predicted octanol–water partition coefficient (Wildman–Crippen LogP) is 2.84. The average molecular weight is 256 g/mol. The fourth-order valence-electron chi connectivity index (χ4n) is 1.54. The molecule has 1 aromatic heterocycles. The number of anilines is 2. The molecule has 0 fully saturated rings. The Kier molecular flexibility index (Phi) is 3.80. The number of rotatable bonds is 3. The second-order valence-corrected chi connectivity index (χ2v) is 4.47. The van der Waals surface area contributed by atoms with Crippen molar-refractivity contribution in [3.63, 3.8) is 0 Å². The Balaban J connectivity index is 2.35. The molecule has 0 aliphatic heterocycles. The van der Waals surface area contributed by atoms with Crippen molar-refractivity contribution in [2.24, 2.45) is 0 Å². The highest BCUT2D eigenvalue weighted by Gasteiger charge is 2.07. The van der Waals surface area contributed by atoms with Gasteiger partial charge in [-0.25, -0.2) is 9.97 Å². The van der Waals surface area contributed by atoms with E-state index in [1.807, 2.05) is 42.5 Å². The van der Waals surface area contributed by atoms with Gasteiger partial charge in [-0.3, -0.25) is 0 Å². The van der Waals surface area contributed by atoms with Crippen LogP contribution in [0.4, 0.5) is 11.5 Å². The predicted molar refractivity (Wildman–Crippen MR) is 73.0 cm³/mol. The lowest BCUT2D eigenvalue weighted by Gasteiger charge is -2.18. The van der Waals surface area contributed by atoms with Crippen LogP contribution in [0.25, 0.3) is 0 Å². The van der Waals surface area contributed by atoms with Gasteiger partial charge in [0.05, 0.1) is 11.6 Å². The zero-order valence-corrected chi connectivity index (χ0v) is 11.0. The van der Waals surface area contributed by atoms with E-state index in [0.29, 0.717) is 5.56 Å². The summed E-state index contributed by atoms with van der Waals surface area (Å²) in [6.07, 6.45) is 3.52. The van der Waals surface area contributed by atoms with E-state index >= 15 is 0 Å². The molecule has 2 aromatic rings. The monoisotopic (exact) mass is 256 g/mol. The van der Waals surface area contributed by atoms with E-state index in [1.165, 1.54) is 0 Å². The van der Waals surface area contributed by atoms with E-state index in [2.05, 4.69) is 16.0 Å². The van der Waals surface area contributed by atoms with Crippen molar-refractivity contribution in [2.75, 3.05) is 18.2 Å². The fraction of sp³-hybridized carbons (Fsp3) is 0.154. The van der Waals surface area contributed by atoms with Crippen molar-refractivity contribution in [3.05, 3.63) is 42.2 Å². The molecule has 90 valence electrons. The van der Waals surface area contributed by atoms with Crippen molar-refractivity contribution >= 4 is 23.3 Å². The van der Waals surface area contributed by atoms with E-state index in [-0.39, 0.29) is 0 Å². The minimum absolute atomic E-state index is 0.637. The summed E-state index contributed by atoms with van der Waals surface area (Å²) >= 11 is 1.57. The summed E-state index contributed by atoms with van der Waals surface area (Å²) in [4.78, 5) is 10.3. The summed E-state index contributed by atoms with van der Waals surface area (Å²) in [6, 6.07) is 11.5. The topological polar surface area (TPSA) is 52.8 Å². The molecule has 0 aliphatic carbocycles. The molecule has 2 rings (SSSR count). The summed E-state index contributed by atoms with van der Waals surface area (Å²) in [6.45, 7) is 0. The highest BCUT2D eigenvalue weighted by molar-refractivity contribution is 7.98. The maximum Gasteiger partial charge on any atom is 0.137 e. The molecule has 0 unspecified atom stereocenters. The van der Waals surface area contributed by atoms with Crippen LogP contribution in [-0.4, -0.2) is 23.3 Å². The number of hydrogen-bond donors (Lipinski definition) is 0. The third kappa shape index (κ3) is 2.60. The van der Waals surface area contributed by atoms with Crippen molar-refractivity contribution in [1.29, 1.82) is 5.26 Å². The smallest absolute Gasteiger partial charge is 0.137 e. The molecule has 0 bridgehead atoms. The normalized spacial score (nSPS) is 9.83. The second kappa shape index (κ2) is 5.52. The first kappa shape index (κ1) is 12.4. The third-order valence-electron chi connectivity index (χ3n) is 2.54. The summed E-state index contributed by atoms with van der Waals surface area (Å²) < 4.78 is 0. The first-order chi connectivity index (χ1) is 8.74. The molecule has 0 saturated carbocycles. The average Bonchev–Trinajstić information content (AvgIpc) is 2.46. The Morgan fingerprint density at radius 1 is 1.28 bits per heavy atom. The zero-order chi connectivity index (χ0) is 13.0. The van der Waals surface area contributed by atoms with Gasteiger partial charge in [-0.1, -0.05) is 6.07 Å². The molecule has 0 radical (unpaired) electrons. The Bertz CT molecular complexity index is 592. The Morgan fingerprint density at radius 3 is 2.83 bits per heavy atom. The SMILES string of the molecule is CSc1cc(N(C)c2cccc(C#N)c2)ncn1. The van der Waals surface area contributed by atoms with Crippen LogP contribution in [0, 0.1) is 11.3 Å². The first-order valence-electron chi connectivity index (χ1n) is 5.34. The lowest BCUT2D eigenvalue weighted by atomic mass is 10.2. The third-order valence-corrected chi connectivity index (χ3v) is 3.18. The minimum atomic E-state index is 0.637. The van der Waals surface area contributed by atoms with E-state index < -0.39 is 0 Å². The van der Waals surface area contributed by atoms with Crippen LogP contribution in [0.5, 0.6) is 0 Å². The van der Waals surface area contributed by atoms with Gasteiger partial charge in [0.15, 0.2) is 0 Å². The van der Waals surface area contributed by atoms with Crippen LogP contribution >= 0.6 is 11.8 Å². The minimum Gasteiger partial charge on any atom is -0.329 e. The van der Waals surface area contributed by atoms with Crippen molar-refractivity contribution in [3.8, 4) is 6.07 Å². The molecule has 18 heavy (non-hydrogen) atoms. The van der Waals surface area contributed by atoms with E-state index in [4.69, 9.17) is 5.26 Å². The number of hydrogen-bond acceptors (Lipinski definition) is 5. The molecule has 0 amide bonds. The Hall–Kier alpha value is -2.06. The highest BCUT2D eigenvalue weighted by atomic mass is 32.2. The summed E-state index contributed by atoms with van der Waals surface area (Å²) in [5.74, 6) is 0.810. The van der Waals surface area contributed by atoms with Crippen LogP contribution in [0.1, 0.15) is 5.56 Å². The van der Waals surface area contributed by atoms with Gasteiger partial charge < -0.3 is 4.90 Å². The molecular weight excluding hydrogens is 244 g/mol. The van der Waals surface area contributed by atoms with Crippen LogP contribution in [-0.2, 0) is 0 Å². The maximum atomic E-state index is 8.90. The number of aromatic nitrogens is 2. The van der Waals surface area contributed by atoms with Gasteiger partial charge in [-0.15, -0.1) is 11.8 Å². The van der Waals surface area contributed by atoms with E-state index in [0.717, 1.165) is 16.5 Å². The quantitative estimate of drug-likeness (QED) is 0.624.